The van der Waals surface area contributed by atoms with Crippen LogP contribution in [0.4, 0.5) is 11.4 Å². The second kappa shape index (κ2) is 5.38. The normalized spacial score (nSPS) is 17.1. The summed E-state index contributed by atoms with van der Waals surface area (Å²) in [6, 6.07) is 6.17. The molecule has 4 nitrogen and oxygen atoms in total. The van der Waals surface area contributed by atoms with Crippen LogP contribution in [-0.4, -0.2) is 45.2 Å². The van der Waals surface area contributed by atoms with Crippen molar-refractivity contribution < 1.29 is 0 Å². The van der Waals surface area contributed by atoms with E-state index < -0.39 is 0 Å². The lowest BCUT2D eigenvalue weighted by molar-refractivity contribution is 0.233. The maximum Gasteiger partial charge on any atom is 0.0408 e. The SMILES string of the molecule is CN(C)c1ccc(N)cc1CN1CCNCC1. The number of anilines is 2. The molecule has 2 rings (SSSR count). The largest absolute Gasteiger partial charge is 0.399 e. The first-order valence-electron chi connectivity index (χ1n) is 6.15. The molecule has 0 aliphatic carbocycles. The highest BCUT2D eigenvalue weighted by atomic mass is 15.2. The zero-order chi connectivity index (χ0) is 12.3. The highest BCUT2D eigenvalue weighted by molar-refractivity contribution is 5.58. The predicted molar refractivity (Wildman–Crippen MR) is 73.3 cm³/mol. The Morgan fingerprint density at radius 2 is 2.00 bits per heavy atom. The summed E-state index contributed by atoms with van der Waals surface area (Å²) in [5, 5.41) is 3.37. The number of rotatable bonds is 3. The minimum absolute atomic E-state index is 0.848. The van der Waals surface area contributed by atoms with Crippen molar-refractivity contribution in [2.24, 2.45) is 0 Å². The van der Waals surface area contributed by atoms with Gasteiger partial charge in [0, 0.05) is 58.2 Å². The summed E-state index contributed by atoms with van der Waals surface area (Å²) in [5.74, 6) is 0. The average molecular weight is 234 g/mol. The van der Waals surface area contributed by atoms with Crippen molar-refractivity contribution >= 4 is 11.4 Å². The van der Waals surface area contributed by atoms with E-state index in [4.69, 9.17) is 5.73 Å². The molecule has 3 N–H and O–H groups in total. The fourth-order valence-corrected chi connectivity index (χ4v) is 2.28. The van der Waals surface area contributed by atoms with Crippen LogP contribution in [-0.2, 0) is 6.54 Å². The fraction of sp³-hybridized carbons (Fsp3) is 0.538. The summed E-state index contributed by atoms with van der Waals surface area (Å²) in [6.45, 7) is 5.38. The fourth-order valence-electron chi connectivity index (χ4n) is 2.28. The Morgan fingerprint density at radius 1 is 1.29 bits per heavy atom. The van der Waals surface area contributed by atoms with E-state index in [2.05, 4.69) is 41.3 Å². The molecule has 0 amide bonds. The van der Waals surface area contributed by atoms with Gasteiger partial charge >= 0.3 is 0 Å². The van der Waals surface area contributed by atoms with Gasteiger partial charge in [0.25, 0.3) is 0 Å². The Kier molecular flexibility index (Phi) is 3.86. The quantitative estimate of drug-likeness (QED) is 0.757. The molecule has 0 atom stereocenters. The minimum atomic E-state index is 0.848. The molecular formula is C13H22N4. The average Bonchev–Trinajstić information content (AvgIpc) is 2.30. The van der Waals surface area contributed by atoms with E-state index in [1.165, 1.54) is 11.3 Å². The zero-order valence-corrected chi connectivity index (χ0v) is 10.7. The van der Waals surface area contributed by atoms with E-state index in [9.17, 15) is 0 Å². The van der Waals surface area contributed by atoms with Gasteiger partial charge in [-0.25, -0.2) is 0 Å². The van der Waals surface area contributed by atoms with Crippen LogP contribution in [0.3, 0.4) is 0 Å². The molecule has 1 aliphatic heterocycles. The van der Waals surface area contributed by atoms with Crippen molar-refractivity contribution in [3.05, 3.63) is 23.8 Å². The molecule has 4 heteroatoms. The second-order valence-corrected chi connectivity index (χ2v) is 4.81. The van der Waals surface area contributed by atoms with E-state index >= 15 is 0 Å². The maximum absolute atomic E-state index is 5.88. The summed E-state index contributed by atoms with van der Waals surface area (Å²) < 4.78 is 0. The van der Waals surface area contributed by atoms with Gasteiger partial charge in [0.2, 0.25) is 0 Å². The predicted octanol–water partition coefficient (Wildman–Crippen LogP) is 0.740. The third-order valence-electron chi connectivity index (χ3n) is 3.19. The maximum atomic E-state index is 5.88. The van der Waals surface area contributed by atoms with Gasteiger partial charge in [0.15, 0.2) is 0 Å². The van der Waals surface area contributed by atoms with Gasteiger partial charge in [-0.2, -0.15) is 0 Å². The molecule has 0 saturated carbocycles. The van der Waals surface area contributed by atoms with Gasteiger partial charge < -0.3 is 16.0 Å². The molecule has 0 aromatic heterocycles. The number of nitrogens with zero attached hydrogens (tertiary/aromatic N) is 2. The van der Waals surface area contributed by atoms with Gasteiger partial charge in [-0.05, 0) is 23.8 Å². The topological polar surface area (TPSA) is 44.5 Å². The second-order valence-electron chi connectivity index (χ2n) is 4.81. The summed E-state index contributed by atoms with van der Waals surface area (Å²) in [5.41, 5.74) is 9.31. The van der Waals surface area contributed by atoms with Crippen molar-refractivity contribution in [3.63, 3.8) is 0 Å². The third-order valence-corrected chi connectivity index (χ3v) is 3.19. The Morgan fingerprint density at radius 3 is 2.65 bits per heavy atom. The molecule has 1 aromatic carbocycles. The third kappa shape index (κ3) is 3.11. The number of benzene rings is 1. The number of nitrogens with two attached hydrogens (primary N) is 1. The highest BCUT2D eigenvalue weighted by Gasteiger charge is 2.13. The van der Waals surface area contributed by atoms with Gasteiger partial charge in [-0.3, -0.25) is 4.90 Å². The summed E-state index contributed by atoms with van der Waals surface area (Å²) in [6.07, 6.45) is 0. The van der Waals surface area contributed by atoms with E-state index in [0.29, 0.717) is 0 Å². The smallest absolute Gasteiger partial charge is 0.0408 e. The van der Waals surface area contributed by atoms with E-state index in [0.717, 1.165) is 38.4 Å². The Hall–Kier alpha value is -1.26. The van der Waals surface area contributed by atoms with Crippen LogP contribution in [0.2, 0.25) is 0 Å². The molecule has 0 unspecified atom stereocenters. The van der Waals surface area contributed by atoms with Crippen LogP contribution in [0.5, 0.6) is 0 Å². The lowest BCUT2D eigenvalue weighted by Gasteiger charge is -2.29. The minimum Gasteiger partial charge on any atom is -0.399 e. The zero-order valence-electron chi connectivity index (χ0n) is 10.7. The van der Waals surface area contributed by atoms with Crippen molar-refractivity contribution in [1.29, 1.82) is 0 Å². The Labute approximate surface area is 103 Å². The van der Waals surface area contributed by atoms with Crippen LogP contribution in [0.15, 0.2) is 18.2 Å². The molecule has 0 bridgehead atoms. The van der Waals surface area contributed by atoms with Crippen LogP contribution in [0, 0.1) is 0 Å². The Balaban J connectivity index is 2.14. The van der Waals surface area contributed by atoms with Gasteiger partial charge in [-0.15, -0.1) is 0 Å². The van der Waals surface area contributed by atoms with Crippen molar-refractivity contribution in [2.45, 2.75) is 6.54 Å². The number of nitrogens with one attached hydrogen (secondary N) is 1. The van der Waals surface area contributed by atoms with Crippen LogP contribution in [0.25, 0.3) is 0 Å². The van der Waals surface area contributed by atoms with Crippen LogP contribution >= 0.6 is 0 Å². The molecule has 94 valence electrons. The summed E-state index contributed by atoms with van der Waals surface area (Å²) in [7, 11) is 4.15. The summed E-state index contributed by atoms with van der Waals surface area (Å²) >= 11 is 0. The van der Waals surface area contributed by atoms with Gasteiger partial charge in [0.1, 0.15) is 0 Å². The molecule has 1 aliphatic rings. The van der Waals surface area contributed by atoms with Crippen LogP contribution < -0.4 is 16.0 Å². The molecule has 17 heavy (non-hydrogen) atoms. The first-order valence-corrected chi connectivity index (χ1v) is 6.15. The number of nitrogen functional groups attached to an aromatic ring is 1. The monoisotopic (exact) mass is 234 g/mol. The standard InChI is InChI=1S/C13H22N4/c1-16(2)13-4-3-12(14)9-11(13)10-17-7-5-15-6-8-17/h3-4,9,15H,5-8,10,14H2,1-2H3. The van der Waals surface area contributed by atoms with Crippen molar-refractivity contribution in [2.75, 3.05) is 50.9 Å². The molecule has 0 radical (unpaired) electrons. The van der Waals surface area contributed by atoms with Gasteiger partial charge in [0.05, 0.1) is 0 Å². The molecule has 1 heterocycles. The lowest BCUT2D eigenvalue weighted by Crippen LogP contribution is -2.43. The van der Waals surface area contributed by atoms with E-state index in [1.807, 2.05) is 6.07 Å². The molecule has 1 aromatic rings. The molecule has 1 saturated heterocycles. The van der Waals surface area contributed by atoms with E-state index in [1.54, 1.807) is 0 Å². The lowest BCUT2D eigenvalue weighted by atomic mass is 10.1. The van der Waals surface area contributed by atoms with E-state index in [-0.39, 0.29) is 0 Å². The molecule has 0 spiro atoms. The van der Waals surface area contributed by atoms with Gasteiger partial charge in [-0.1, -0.05) is 0 Å². The van der Waals surface area contributed by atoms with Crippen LogP contribution in [0.1, 0.15) is 5.56 Å². The molecule has 1 fully saturated rings. The first-order chi connectivity index (χ1) is 8.16. The summed E-state index contributed by atoms with van der Waals surface area (Å²) in [4.78, 5) is 4.62. The number of hydrogen-bond acceptors (Lipinski definition) is 4. The molecular weight excluding hydrogens is 212 g/mol. The number of hydrogen-bond donors (Lipinski definition) is 2. The Bertz CT molecular complexity index is 370. The highest BCUT2D eigenvalue weighted by Crippen LogP contribution is 2.23. The first kappa shape index (κ1) is 12.2. The van der Waals surface area contributed by atoms with Crippen molar-refractivity contribution in [1.82, 2.24) is 10.2 Å². The van der Waals surface area contributed by atoms with Crippen molar-refractivity contribution in [3.8, 4) is 0 Å². The number of piperazine rings is 1.